The molecule has 10 aromatic carbocycles. The number of benzene rings is 10. The second-order valence-electron chi connectivity index (χ2n) is 20.1. The maximum Gasteiger partial charge on any atom is 0.0159 e. The Bertz CT molecular complexity index is 3470. The van der Waals surface area contributed by atoms with Crippen molar-refractivity contribution in [3.63, 3.8) is 0 Å². The van der Waals surface area contributed by atoms with Crippen LogP contribution >= 0.6 is 0 Å². The van der Waals surface area contributed by atoms with E-state index in [1.54, 1.807) is 0 Å². The fourth-order valence-electron chi connectivity index (χ4n) is 11.4. The van der Waals surface area contributed by atoms with Gasteiger partial charge in [0.25, 0.3) is 0 Å². The first-order valence-electron chi connectivity index (χ1n) is 22.3. The molecule has 0 spiro atoms. The molecule has 0 fully saturated rings. The van der Waals surface area contributed by atoms with Crippen LogP contribution < -0.4 is 0 Å². The average Bonchev–Trinajstić information content (AvgIpc) is 3.66. The van der Waals surface area contributed by atoms with E-state index in [1.165, 1.54) is 127 Å². The molecule has 10 aromatic rings. The zero-order chi connectivity index (χ0) is 42.3. The van der Waals surface area contributed by atoms with Gasteiger partial charge >= 0.3 is 0 Å². The molecule has 0 heteroatoms. The summed E-state index contributed by atoms with van der Waals surface area (Å²) in [5.41, 5.74) is 22.3. The van der Waals surface area contributed by atoms with Crippen LogP contribution in [0, 0.1) is 0 Å². The molecule has 0 aromatic heterocycles. The predicted octanol–water partition coefficient (Wildman–Crippen LogP) is 17.2. The highest BCUT2D eigenvalue weighted by molar-refractivity contribution is 6.28. The van der Waals surface area contributed by atoms with Crippen LogP contribution in [-0.4, -0.2) is 0 Å². The third kappa shape index (κ3) is 5.26. The summed E-state index contributed by atoms with van der Waals surface area (Å²) in [5, 5.41) is 7.89. The summed E-state index contributed by atoms with van der Waals surface area (Å²) in [4.78, 5) is 0. The number of fused-ring (bicyclic) bond motifs is 6. The van der Waals surface area contributed by atoms with Gasteiger partial charge in [0.2, 0.25) is 0 Å². The van der Waals surface area contributed by atoms with E-state index in [4.69, 9.17) is 0 Å². The molecule has 0 unspecified atom stereocenters. The van der Waals surface area contributed by atoms with Crippen LogP contribution in [0.3, 0.4) is 0 Å². The van der Waals surface area contributed by atoms with Crippen LogP contribution in [0.15, 0.2) is 176 Å². The molecule has 0 amide bonds. The molecule has 0 bridgehead atoms. The van der Waals surface area contributed by atoms with Gasteiger partial charge in [-0.15, -0.1) is 0 Å². The van der Waals surface area contributed by atoms with E-state index in [0.29, 0.717) is 0 Å². The van der Waals surface area contributed by atoms with Gasteiger partial charge in [0, 0.05) is 10.8 Å². The summed E-state index contributed by atoms with van der Waals surface area (Å²) >= 11 is 0. The summed E-state index contributed by atoms with van der Waals surface area (Å²) in [6.07, 6.45) is 0. The van der Waals surface area contributed by atoms with Crippen LogP contribution in [0.4, 0.5) is 0 Å². The van der Waals surface area contributed by atoms with Gasteiger partial charge in [-0.05, 0) is 157 Å². The second-order valence-corrected chi connectivity index (χ2v) is 20.1. The number of hydrogen-bond acceptors (Lipinski definition) is 0. The highest BCUT2D eigenvalue weighted by Gasteiger charge is 2.36. The van der Waals surface area contributed by atoms with Gasteiger partial charge in [-0.2, -0.15) is 0 Å². The fraction of sp³-hybridized carbons (Fsp3) is 0.161. The lowest BCUT2D eigenvalue weighted by Crippen LogP contribution is -2.14. The zero-order valence-corrected chi connectivity index (χ0v) is 36.7. The molecule has 0 radical (unpaired) electrons. The first-order valence-corrected chi connectivity index (χ1v) is 22.3. The van der Waals surface area contributed by atoms with Crippen molar-refractivity contribution in [3.05, 3.63) is 204 Å². The second kappa shape index (κ2) is 12.9. The smallest absolute Gasteiger partial charge is 0.0159 e. The van der Waals surface area contributed by atoms with E-state index in [2.05, 4.69) is 224 Å². The zero-order valence-electron chi connectivity index (χ0n) is 36.7. The highest BCUT2D eigenvalue weighted by atomic mass is 14.4. The van der Waals surface area contributed by atoms with Crippen LogP contribution in [-0.2, 0) is 16.2 Å². The molecule has 12 rings (SSSR count). The lowest BCUT2D eigenvalue weighted by Gasteiger charge is -2.24. The minimum absolute atomic E-state index is 0.0432. The topological polar surface area (TPSA) is 0 Å². The van der Waals surface area contributed by atoms with E-state index < -0.39 is 0 Å². The lowest BCUT2D eigenvalue weighted by molar-refractivity contribution is 0.591. The Kier molecular flexibility index (Phi) is 7.70. The molecule has 62 heavy (non-hydrogen) atoms. The number of hydrogen-bond donors (Lipinski definition) is 0. The van der Waals surface area contributed by atoms with Crippen molar-refractivity contribution >= 4 is 32.3 Å². The molecule has 2 aliphatic rings. The van der Waals surface area contributed by atoms with Gasteiger partial charge in [0.05, 0.1) is 0 Å². The minimum Gasteiger partial charge on any atom is -0.0619 e. The summed E-state index contributed by atoms with van der Waals surface area (Å²) in [6.45, 7) is 16.5. The summed E-state index contributed by atoms with van der Waals surface area (Å²) < 4.78 is 0. The molecular weight excluding hydrogens is 745 g/mol. The standard InChI is InChI=1S/C62H50/c1-60(2,3)43-32-41-25-29-50-52(39-16-14-15-37(31-39)38-23-27-48-46-19-10-12-21-54(46)61(4,5)56(48)34-38)36-53(51-30-26-42(33-43)58(41)59(50)51)45-18-9-8-17-44(45)40-24-28-49-47-20-11-13-22-55(47)62(6,7)57(49)35-40/h8-36H,1-7H3. The van der Waals surface area contributed by atoms with Gasteiger partial charge in [-0.3, -0.25) is 0 Å². The molecule has 0 N–H and O–H groups in total. The molecule has 0 saturated carbocycles. The SMILES string of the molecule is CC(C)(C)c1cc2ccc3c(-c4cccc(-c5ccc6c(c5)C(C)(C)c5ccccc5-6)c4)cc(-c4ccccc4-c4ccc5c(c4)C(C)(C)c4ccccc4-5)c4ccc(c1)c2c34. The van der Waals surface area contributed by atoms with Gasteiger partial charge in [0.1, 0.15) is 0 Å². The van der Waals surface area contributed by atoms with E-state index >= 15 is 0 Å². The summed E-state index contributed by atoms with van der Waals surface area (Å²) in [6, 6.07) is 67.4. The Labute approximate surface area is 365 Å². The molecule has 0 nitrogen and oxygen atoms in total. The predicted molar refractivity (Wildman–Crippen MR) is 266 cm³/mol. The maximum absolute atomic E-state index is 2.50. The van der Waals surface area contributed by atoms with Crippen molar-refractivity contribution in [2.75, 3.05) is 0 Å². The highest BCUT2D eigenvalue weighted by Crippen LogP contribution is 2.53. The van der Waals surface area contributed by atoms with Gasteiger partial charge < -0.3 is 0 Å². The van der Waals surface area contributed by atoms with Crippen molar-refractivity contribution in [1.29, 1.82) is 0 Å². The van der Waals surface area contributed by atoms with E-state index in [-0.39, 0.29) is 16.2 Å². The Morgan fingerprint density at radius 1 is 0.306 bits per heavy atom. The maximum atomic E-state index is 2.50. The molecule has 298 valence electrons. The monoisotopic (exact) mass is 794 g/mol. The lowest BCUT2D eigenvalue weighted by atomic mass is 9.80. The van der Waals surface area contributed by atoms with Crippen molar-refractivity contribution in [2.24, 2.45) is 0 Å². The first kappa shape index (κ1) is 37.0. The van der Waals surface area contributed by atoms with Crippen molar-refractivity contribution in [2.45, 2.75) is 64.7 Å². The molecular formula is C62H50. The third-order valence-electron chi connectivity index (χ3n) is 14.8. The first-order chi connectivity index (χ1) is 29.9. The van der Waals surface area contributed by atoms with E-state index in [0.717, 1.165) is 0 Å². The molecule has 0 atom stereocenters. The summed E-state index contributed by atoms with van der Waals surface area (Å²) in [5.74, 6) is 0. The van der Waals surface area contributed by atoms with E-state index in [1.807, 2.05) is 0 Å². The normalized spacial score (nSPS) is 14.6. The van der Waals surface area contributed by atoms with Crippen molar-refractivity contribution < 1.29 is 0 Å². The molecule has 0 saturated heterocycles. The molecule has 0 aliphatic heterocycles. The average molecular weight is 795 g/mol. The fourth-order valence-corrected chi connectivity index (χ4v) is 11.4. The Hall–Kier alpha value is -6.76. The van der Waals surface area contributed by atoms with Crippen molar-refractivity contribution in [3.8, 4) is 66.8 Å². The van der Waals surface area contributed by atoms with E-state index in [9.17, 15) is 0 Å². The van der Waals surface area contributed by atoms with Gasteiger partial charge in [0.15, 0.2) is 0 Å². The number of rotatable bonds is 4. The van der Waals surface area contributed by atoms with Crippen LogP contribution in [0.25, 0.3) is 99.1 Å². The third-order valence-corrected chi connectivity index (χ3v) is 14.8. The molecule has 2 aliphatic carbocycles. The van der Waals surface area contributed by atoms with Gasteiger partial charge in [-0.25, -0.2) is 0 Å². The van der Waals surface area contributed by atoms with Crippen LogP contribution in [0.2, 0.25) is 0 Å². The van der Waals surface area contributed by atoms with Crippen LogP contribution in [0.1, 0.15) is 76.3 Å². The molecule has 0 heterocycles. The summed E-state index contributed by atoms with van der Waals surface area (Å²) in [7, 11) is 0. The minimum atomic E-state index is -0.0768. The Balaban J connectivity index is 1.08. The Morgan fingerprint density at radius 3 is 1.39 bits per heavy atom. The largest absolute Gasteiger partial charge is 0.0619 e. The van der Waals surface area contributed by atoms with Crippen molar-refractivity contribution in [1.82, 2.24) is 0 Å². The quantitative estimate of drug-likeness (QED) is 0.156. The van der Waals surface area contributed by atoms with Crippen LogP contribution in [0.5, 0.6) is 0 Å². The Morgan fingerprint density at radius 2 is 0.774 bits per heavy atom. The van der Waals surface area contributed by atoms with Gasteiger partial charge in [-0.1, -0.05) is 200 Å².